The van der Waals surface area contributed by atoms with Gasteiger partial charge in [-0.15, -0.1) is 0 Å². The van der Waals surface area contributed by atoms with Crippen LogP contribution in [-0.4, -0.2) is 32.8 Å². The lowest BCUT2D eigenvalue weighted by Crippen LogP contribution is -2.01. The van der Waals surface area contributed by atoms with Gasteiger partial charge in [-0.1, -0.05) is 23.3 Å². The van der Waals surface area contributed by atoms with Crippen molar-refractivity contribution in [3.05, 3.63) is 53.1 Å². The van der Waals surface area contributed by atoms with Gasteiger partial charge < -0.3 is 18.9 Å². The molecule has 1 rings (SSSR count). The molecule has 0 N–H and O–H groups in total. The van der Waals surface area contributed by atoms with Crippen LogP contribution in [0.1, 0.15) is 53.4 Å². The van der Waals surface area contributed by atoms with E-state index in [4.69, 9.17) is 18.9 Å². The summed E-state index contributed by atoms with van der Waals surface area (Å²) in [6.07, 6.45) is 10.3. The number of esters is 1. The van der Waals surface area contributed by atoms with Crippen molar-refractivity contribution in [1.29, 1.82) is 0 Å². The lowest BCUT2D eigenvalue weighted by atomic mass is 10.1. The minimum atomic E-state index is -0.255. The summed E-state index contributed by atoms with van der Waals surface area (Å²) in [5, 5.41) is 0. The zero-order valence-electron chi connectivity index (χ0n) is 19.2. The van der Waals surface area contributed by atoms with Gasteiger partial charge in [-0.2, -0.15) is 0 Å². The van der Waals surface area contributed by atoms with Gasteiger partial charge >= 0.3 is 5.97 Å². The number of allylic oxidation sites excluding steroid dienone is 4. The second kappa shape index (κ2) is 14.9. The van der Waals surface area contributed by atoms with Crippen LogP contribution in [-0.2, 0) is 14.3 Å². The first kappa shape index (κ1) is 26.0. The van der Waals surface area contributed by atoms with Crippen LogP contribution in [0.15, 0.2) is 53.1 Å². The Kier molecular flexibility index (Phi) is 12.5. The van der Waals surface area contributed by atoms with Gasteiger partial charge in [-0.3, -0.25) is 9.59 Å². The number of carbonyl (C=O) groups is 2. The van der Waals surface area contributed by atoms with E-state index in [0.717, 1.165) is 31.3 Å². The van der Waals surface area contributed by atoms with E-state index < -0.39 is 0 Å². The predicted octanol–water partition coefficient (Wildman–Crippen LogP) is 5.57. The minimum Gasteiger partial charge on any atom is -0.493 e. The largest absolute Gasteiger partial charge is 0.493 e. The van der Waals surface area contributed by atoms with Gasteiger partial charge in [0.2, 0.25) is 0 Å². The number of hydrogen-bond donors (Lipinski definition) is 0. The number of rotatable bonds is 14. The quantitative estimate of drug-likeness (QED) is 0.218. The van der Waals surface area contributed by atoms with Crippen LogP contribution in [0.4, 0.5) is 0 Å². The highest BCUT2D eigenvalue weighted by molar-refractivity contribution is 5.66. The third-order valence-corrected chi connectivity index (χ3v) is 4.56. The molecule has 0 bridgehead atoms. The summed E-state index contributed by atoms with van der Waals surface area (Å²) < 4.78 is 20.9. The maximum atomic E-state index is 10.8. The zero-order chi connectivity index (χ0) is 23.1. The third kappa shape index (κ3) is 11.7. The molecule has 0 unspecified atom stereocenters. The van der Waals surface area contributed by atoms with Crippen LogP contribution in [0.2, 0.25) is 0 Å². The molecular formula is C25H34O6. The molecular weight excluding hydrogens is 396 g/mol. The maximum absolute atomic E-state index is 10.8. The van der Waals surface area contributed by atoms with E-state index in [1.54, 1.807) is 25.3 Å². The highest BCUT2D eigenvalue weighted by Crippen LogP contribution is 2.31. The number of hydrogen-bond acceptors (Lipinski definition) is 6. The first-order valence-corrected chi connectivity index (χ1v) is 10.4. The zero-order valence-corrected chi connectivity index (χ0v) is 19.2. The SMILES string of the molecule is COc1cc(OC=O)ccc1OC/C(C)=C/CC/C(C)=C/CC/C(C)=C/COC(C)=O. The molecule has 0 atom stereocenters. The summed E-state index contributed by atoms with van der Waals surface area (Å²) in [4.78, 5) is 21.2. The molecule has 1 aromatic rings. The van der Waals surface area contributed by atoms with E-state index >= 15 is 0 Å². The summed E-state index contributed by atoms with van der Waals surface area (Å²) in [6, 6.07) is 5.00. The lowest BCUT2D eigenvalue weighted by Gasteiger charge is -2.12. The highest BCUT2D eigenvalue weighted by Gasteiger charge is 2.07. The van der Waals surface area contributed by atoms with Crippen molar-refractivity contribution >= 4 is 12.4 Å². The lowest BCUT2D eigenvalue weighted by molar-refractivity contribution is -0.139. The van der Waals surface area contributed by atoms with Gasteiger partial charge in [-0.05, 0) is 70.2 Å². The van der Waals surface area contributed by atoms with Crippen LogP contribution in [0.3, 0.4) is 0 Å². The fraction of sp³-hybridized carbons (Fsp3) is 0.440. The molecule has 31 heavy (non-hydrogen) atoms. The van der Waals surface area contributed by atoms with Crippen LogP contribution >= 0.6 is 0 Å². The Morgan fingerprint density at radius 3 is 2.16 bits per heavy atom. The highest BCUT2D eigenvalue weighted by atomic mass is 16.5. The fourth-order valence-corrected chi connectivity index (χ4v) is 2.74. The van der Waals surface area contributed by atoms with Crippen molar-refractivity contribution in [3.63, 3.8) is 0 Å². The monoisotopic (exact) mass is 430 g/mol. The second-order valence-corrected chi connectivity index (χ2v) is 7.35. The Hall–Kier alpha value is -3.02. The van der Waals surface area contributed by atoms with Crippen molar-refractivity contribution in [2.75, 3.05) is 20.3 Å². The normalized spacial score (nSPS) is 12.4. The minimum absolute atomic E-state index is 0.255. The van der Waals surface area contributed by atoms with Crippen LogP contribution < -0.4 is 14.2 Å². The van der Waals surface area contributed by atoms with E-state index in [-0.39, 0.29) is 5.97 Å². The first-order chi connectivity index (χ1) is 14.8. The molecule has 6 nitrogen and oxygen atoms in total. The first-order valence-electron chi connectivity index (χ1n) is 10.4. The molecule has 0 aromatic heterocycles. The topological polar surface area (TPSA) is 71.1 Å². The number of benzene rings is 1. The molecule has 0 spiro atoms. The van der Waals surface area contributed by atoms with Crippen LogP contribution in [0, 0.1) is 0 Å². The van der Waals surface area contributed by atoms with Gasteiger partial charge in [0.1, 0.15) is 19.0 Å². The Labute approximate surface area is 185 Å². The third-order valence-electron chi connectivity index (χ3n) is 4.56. The van der Waals surface area contributed by atoms with Crippen molar-refractivity contribution in [1.82, 2.24) is 0 Å². The van der Waals surface area contributed by atoms with E-state index in [1.165, 1.54) is 18.1 Å². The summed E-state index contributed by atoms with van der Waals surface area (Å²) in [6.45, 7) is 8.83. The van der Waals surface area contributed by atoms with E-state index in [1.807, 2.05) is 13.0 Å². The Morgan fingerprint density at radius 2 is 1.55 bits per heavy atom. The maximum Gasteiger partial charge on any atom is 0.302 e. The van der Waals surface area contributed by atoms with Crippen molar-refractivity contribution in [2.45, 2.75) is 53.4 Å². The molecule has 0 radical (unpaired) electrons. The average Bonchev–Trinajstić information content (AvgIpc) is 2.72. The Bertz CT molecular complexity index is 804. The summed E-state index contributed by atoms with van der Waals surface area (Å²) in [5.41, 5.74) is 3.71. The molecule has 0 aliphatic heterocycles. The standard InChI is InChI=1S/C25H34O6/c1-19(8-6-10-20(2)14-15-29-22(4)27)9-7-11-21(3)17-30-24-13-12-23(31-18-26)16-25(24)28-5/h8,11-14,16,18H,6-7,9-10,15,17H2,1-5H3/b19-8+,20-14+,21-11+. The molecule has 0 saturated heterocycles. The molecule has 0 aliphatic rings. The Morgan fingerprint density at radius 1 is 0.903 bits per heavy atom. The van der Waals surface area contributed by atoms with E-state index in [0.29, 0.717) is 36.9 Å². The molecule has 170 valence electrons. The molecule has 1 aromatic carbocycles. The van der Waals surface area contributed by atoms with Crippen molar-refractivity contribution < 1.29 is 28.5 Å². The van der Waals surface area contributed by atoms with Gasteiger partial charge in [0.15, 0.2) is 11.5 Å². The molecule has 0 fully saturated rings. The predicted molar refractivity (Wildman–Crippen MR) is 122 cm³/mol. The Balaban J connectivity index is 2.39. The molecule has 0 heterocycles. The number of methoxy groups -OCH3 is 1. The van der Waals surface area contributed by atoms with Gasteiger partial charge in [-0.25, -0.2) is 0 Å². The second-order valence-electron chi connectivity index (χ2n) is 7.35. The molecule has 0 aliphatic carbocycles. The smallest absolute Gasteiger partial charge is 0.302 e. The van der Waals surface area contributed by atoms with E-state index in [2.05, 4.69) is 26.0 Å². The molecule has 6 heteroatoms. The van der Waals surface area contributed by atoms with E-state index in [9.17, 15) is 9.59 Å². The average molecular weight is 431 g/mol. The fourth-order valence-electron chi connectivity index (χ4n) is 2.74. The van der Waals surface area contributed by atoms with Gasteiger partial charge in [0.25, 0.3) is 6.47 Å². The molecule has 0 saturated carbocycles. The van der Waals surface area contributed by atoms with Crippen LogP contribution in [0.25, 0.3) is 0 Å². The van der Waals surface area contributed by atoms with Gasteiger partial charge in [0.05, 0.1) is 7.11 Å². The summed E-state index contributed by atoms with van der Waals surface area (Å²) in [5.74, 6) is 1.27. The molecule has 0 amide bonds. The summed E-state index contributed by atoms with van der Waals surface area (Å²) >= 11 is 0. The number of carbonyl (C=O) groups excluding carboxylic acids is 2. The van der Waals surface area contributed by atoms with Gasteiger partial charge in [0, 0.05) is 13.0 Å². The van der Waals surface area contributed by atoms with Crippen LogP contribution in [0.5, 0.6) is 17.2 Å². The van der Waals surface area contributed by atoms with Crippen molar-refractivity contribution in [3.8, 4) is 17.2 Å². The number of ether oxygens (including phenoxy) is 4. The van der Waals surface area contributed by atoms with Crippen molar-refractivity contribution in [2.24, 2.45) is 0 Å². The summed E-state index contributed by atoms with van der Waals surface area (Å²) in [7, 11) is 1.54.